The Labute approximate surface area is 99.6 Å². The zero-order chi connectivity index (χ0) is 12.3. The van der Waals surface area contributed by atoms with Crippen LogP contribution < -0.4 is 0 Å². The average Bonchev–Trinajstić information content (AvgIpc) is 2.66. The maximum absolute atomic E-state index is 13.0. The summed E-state index contributed by atoms with van der Waals surface area (Å²) >= 11 is 0. The summed E-state index contributed by atoms with van der Waals surface area (Å²) in [5.41, 5.74) is 1.01. The van der Waals surface area contributed by atoms with Crippen molar-refractivity contribution in [1.82, 2.24) is 4.57 Å². The number of hydrogen-bond acceptors (Lipinski definition) is 2. The molecular formula is C12H15BFNO2. The first kappa shape index (κ1) is 12.1. The van der Waals surface area contributed by atoms with Crippen LogP contribution in [-0.4, -0.2) is 21.7 Å². The maximum atomic E-state index is 13.0. The average molecular weight is 235 g/mol. The van der Waals surface area contributed by atoms with Crippen molar-refractivity contribution in [1.29, 1.82) is 0 Å². The molecule has 1 heterocycles. The Kier molecular flexibility index (Phi) is 3.81. The molecule has 0 radical (unpaired) electrons. The van der Waals surface area contributed by atoms with Crippen molar-refractivity contribution in [2.75, 3.05) is 0 Å². The van der Waals surface area contributed by atoms with Gasteiger partial charge in [-0.2, -0.15) is 0 Å². The molecule has 90 valence electrons. The first-order valence-corrected chi connectivity index (χ1v) is 5.77. The third-order valence-corrected chi connectivity index (χ3v) is 2.84. The molecular weight excluding hydrogens is 220 g/mol. The van der Waals surface area contributed by atoms with E-state index in [0.29, 0.717) is 6.32 Å². The lowest BCUT2D eigenvalue weighted by Crippen LogP contribution is -2.10. The molecule has 5 heteroatoms. The first-order valence-electron chi connectivity index (χ1n) is 5.77. The Hall–Kier alpha value is -1.33. The van der Waals surface area contributed by atoms with Crippen molar-refractivity contribution >= 4 is 18.0 Å². The minimum atomic E-state index is -1.22. The molecule has 0 fully saturated rings. The minimum absolute atomic E-state index is 0.223. The summed E-state index contributed by atoms with van der Waals surface area (Å²) in [7, 11) is -1.22. The third kappa shape index (κ3) is 3.08. The molecule has 1 aromatic heterocycles. The topological polar surface area (TPSA) is 45.4 Å². The van der Waals surface area contributed by atoms with Crippen molar-refractivity contribution in [2.24, 2.45) is 0 Å². The largest absolute Gasteiger partial charge is 0.451 e. The number of benzene rings is 1. The van der Waals surface area contributed by atoms with E-state index < -0.39 is 7.12 Å². The maximum Gasteiger partial charge on any atom is 0.451 e. The summed E-state index contributed by atoms with van der Waals surface area (Å²) < 4.78 is 15.0. The number of rotatable bonds is 5. The zero-order valence-electron chi connectivity index (χ0n) is 9.51. The van der Waals surface area contributed by atoms with E-state index in [-0.39, 0.29) is 5.82 Å². The number of nitrogens with zero attached hydrogens (tertiary/aromatic N) is 1. The number of unbranched alkanes of at least 4 members (excludes halogenated alkanes) is 1. The standard InChI is InChI=1S/C12H15BFNO2/c14-11-3-4-12-10(9-11)5-8-15(12)7-2-1-6-13(16)17/h3-5,8-9,16-17H,1-2,6-7H2. The zero-order valence-corrected chi connectivity index (χ0v) is 9.51. The molecule has 0 bridgehead atoms. The van der Waals surface area contributed by atoms with E-state index in [0.717, 1.165) is 30.3 Å². The fraction of sp³-hybridized carbons (Fsp3) is 0.333. The summed E-state index contributed by atoms with van der Waals surface area (Å²) in [6.45, 7) is 0.807. The fourth-order valence-corrected chi connectivity index (χ4v) is 1.98. The van der Waals surface area contributed by atoms with Gasteiger partial charge < -0.3 is 14.6 Å². The monoisotopic (exact) mass is 235 g/mol. The summed E-state index contributed by atoms with van der Waals surface area (Å²) in [6.07, 6.45) is 3.96. The van der Waals surface area contributed by atoms with E-state index in [1.165, 1.54) is 12.1 Å². The van der Waals surface area contributed by atoms with E-state index in [9.17, 15) is 4.39 Å². The molecule has 0 spiro atoms. The fourth-order valence-electron chi connectivity index (χ4n) is 1.98. The van der Waals surface area contributed by atoms with E-state index in [4.69, 9.17) is 10.0 Å². The quantitative estimate of drug-likeness (QED) is 0.615. The SMILES string of the molecule is OB(O)CCCCn1ccc2cc(F)ccc21. The van der Waals surface area contributed by atoms with Crippen molar-refractivity contribution in [3.63, 3.8) is 0 Å². The molecule has 17 heavy (non-hydrogen) atoms. The molecule has 0 amide bonds. The second-order valence-corrected chi connectivity index (χ2v) is 4.19. The molecule has 0 aliphatic rings. The van der Waals surface area contributed by atoms with Gasteiger partial charge in [0.2, 0.25) is 0 Å². The summed E-state index contributed by atoms with van der Waals surface area (Å²) in [6, 6.07) is 6.63. The second kappa shape index (κ2) is 5.34. The van der Waals surface area contributed by atoms with Crippen molar-refractivity contribution in [3.05, 3.63) is 36.3 Å². The van der Waals surface area contributed by atoms with Gasteiger partial charge in [0.05, 0.1) is 0 Å². The molecule has 0 aliphatic heterocycles. The van der Waals surface area contributed by atoms with E-state index >= 15 is 0 Å². The van der Waals surface area contributed by atoms with Crippen LogP contribution in [0.3, 0.4) is 0 Å². The van der Waals surface area contributed by atoms with E-state index in [1.54, 1.807) is 6.07 Å². The molecule has 0 aliphatic carbocycles. The molecule has 0 unspecified atom stereocenters. The van der Waals surface area contributed by atoms with Crippen LogP contribution >= 0.6 is 0 Å². The molecule has 3 nitrogen and oxygen atoms in total. The number of fused-ring (bicyclic) bond motifs is 1. The van der Waals surface area contributed by atoms with Gasteiger partial charge in [0.25, 0.3) is 0 Å². The molecule has 2 rings (SSSR count). The lowest BCUT2D eigenvalue weighted by Gasteiger charge is -2.05. The number of aryl methyl sites for hydroxylation is 1. The highest BCUT2D eigenvalue weighted by Crippen LogP contribution is 2.17. The van der Waals surface area contributed by atoms with Gasteiger partial charge in [-0.3, -0.25) is 0 Å². The van der Waals surface area contributed by atoms with Gasteiger partial charge in [-0.15, -0.1) is 0 Å². The Morgan fingerprint density at radius 3 is 2.76 bits per heavy atom. The Balaban J connectivity index is 1.99. The minimum Gasteiger partial charge on any atom is -0.427 e. The summed E-state index contributed by atoms with van der Waals surface area (Å²) in [5.74, 6) is -0.223. The van der Waals surface area contributed by atoms with E-state index in [2.05, 4.69) is 4.57 Å². The molecule has 1 aromatic carbocycles. The van der Waals surface area contributed by atoms with Gasteiger partial charge in [-0.25, -0.2) is 4.39 Å². The number of halogens is 1. The highest BCUT2D eigenvalue weighted by molar-refractivity contribution is 6.40. The third-order valence-electron chi connectivity index (χ3n) is 2.84. The Bertz CT molecular complexity index is 498. The van der Waals surface area contributed by atoms with Gasteiger partial charge >= 0.3 is 7.12 Å². The van der Waals surface area contributed by atoms with Gasteiger partial charge in [0.1, 0.15) is 5.82 Å². The summed E-state index contributed by atoms with van der Waals surface area (Å²) in [5, 5.41) is 18.3. The van der Waals surface area contributed by atoms with Crippen LogP contribution in [0.15, 0.2) is 30.5 Å². The normalized spacial score (nSPS) is 11.0. The second-order valence-electron chi connectivity index (χ2n) is 4.19. The molecule has 2 aromatic rings. The number of hydrogen-bond donors (Lipinski definition) is 2. The van der Waals surface area contributed by atoms with Gasteiger partial charge in [0, 0.05) is 23.6 Å². The molecule has 0 saturated heterocycles. The van der Waals surface area contributed by atoms with Crippen LogP contribution in [0.5, 0.6) is 0 Å². The number of aromatic nitrogens is 1. The predicted molar refractivity (Wildman–Crippen MR) is 66.1 cm³/mol. The Morgan fingerprint density at radius 1 is 1.18 bits per heavy atom. The Morgan fingerprint density at radius 2 is 2.00 bits per heavy atom. The molecule has 2 N–H and O–H groups in total. The van der Waals surface area contributed by atoms with Crippen LogP contribution in [0.1, 0.15) is 12.8 Å². The van der Waals surface area contributed by atoms with Crippen LogP contribution in [-0.2, 0) is 6.54 Å². The smallest absolute Gasteiger partial charge is 0.427 e. The van der Waals surface area contributed by atoms with Crippen molar-refractivity contribution < 1.29 is 14.4 Å². The summed E-state index contributed by atoms with van der Waals surface area (Å²) in [4.78, 5) is 0. The highest BCUT2D eigenvalue weighted by Gasteiger charge is 2.06. The van der Waals surface area contributed by atoms with Crippen LogP contribution in [0.25, 0.3) is 10.9 Å². The molecule has 0 saturated carbocycles. The van der Waals surface area contributed by atoms with Crippen molar-refractivity contribution in [3.8, 4) is 0 Å². The van der Waals surface area contributed by atoms with Gasteiger partial charge in [-0.1, -0.05) is 6.42 Å². The van der Waals surface area contributed by atoms with Crippen LogP contribution in [0.2, 0.25) is 6.32 Å². The van der Waals surface area contributed by atoms with Gasteiger partial charge in [0.15, 0.2) is 0 Å². The van der Waals surface area contributed by atoms with E-state index in [1.807, 2.05) is 12.3 Å². The molecule has 0 atom stereocenters. The van der Waals surface area contributed by atoms with Gasteiger partial charge in [-0.05, 0) is 37.0 Å². The van der Waals surface area contributed by atoms with Crippen molar-refractivity contribution in [2.45, 2.75) is 25.7 Å². The first-order chi connectivity index (χ1) is 8.16. The lowest BCUT2D eigenvalue weighted by atomic mass is 9.84. The van der Waals surface area contributed by atoms with Crippen LogP contribution in [0.4, 0.5) is 4.39 Å². The lowest BCUT2D eigenvalue weighted by molar-refractivity contribution is 0.401. The predicted octanol–water partition coefficient (Wildman–Crippen LogP) is 2.03. The van der Waals surface area contributed by atoms with Crippen LogP contribution in [0, 0.1) is 5.82 Å². The highest BCUT2D eigenvalue weighted by atomic mass is 19.1.